The van der Waals surface area contributed by atoms with E-state index in [4.69, 9.17) is 0 Å². The molecular weight excluding hydrogens is 407 g/mol. The maximum Gasteiger partial charge on any atom is 0.573 e. The van der Waals surface area contributed by atoms with Crippen LogP contribution < -0.4 is 26.4 Å². The average Bonchev–Trinajstić information content (AvgIpc) is 3.30. The van der Waals surface area contributed by atoms with Gasteiger partial charge in [-0.2, -0.15) is 5.53 Å². The predicted molar refractivity (Wildman–Crippen MR) is 101 cm³/mol. The lowest BCUT2D eigenvalue weighted by Crippen LogP contribution is -2.42. The van der Waals surface area contributed by atoms with Gasteiger partial charge in [0.1, 0.15) is 5.75 Å². The number of anilines is 1. The van der Waals surface area contributed by atoms with Gasteiger partial charge in [-0.25, -0.2) is 15.8 Å². The summed E-state index contributed by atoms with van der Waals surface area (Å²) in [6.45, 7) is 0. The van der Waals surface area contributed by atoms with Gasteiger partial charge in [-0.1, -0.05) is 12.1 Å². The number of rotatable bonds is 5. The molecule has 3 unspecified atom stereocenters. The van der Waals surface area contributed by atoms with Crippen LogP contribution in [-0.4, -0.2) is 29.3 Å². The Hall–Kier alpha value is -2.21. The van der Waals surface area contributed by atoms with E-state index in [1.807, 2.05) is 0 Å². The van der Waals surface area contributed by atoms with Crippen LogP contribution in [0.15, 0.2) is 30.5 Å². The van der Waals surface area contributed by atoms with E-state index >= 15 is 0 Å². The highest BCUT2D eigenvalue weighted by atomic mass is 32.1. The van der Waals surface area contributed by atoms with Gasteiger partial charge in [-0.05, 0) is 37.0 Å². The number of carbonyl (C=O) groups is 1. The number of alkyl halides is 3. The highest BCUT2D eigenvalue weighted by Gasteiger charge is 2.36. The molecule has 1 aliphatic heterocycles. The number of benzene rings is 1. The molecule has 7 nitrogen and oxygen atoms in total. The molecule has 4 rings (SSSR count). The molecule has 0 radical (unpaired) electrons. The Morgan fingerprint density at radius 1 is 1.21 bits per heavy atom. The van der Waals surface area contributed by atoms with Crippen molar-refractivity contribution >= 4 is 22.4 Å². The lowest BCUT2D eigenvalue weighted by Gasteiger charge is -2.29. The maximum absolute atomic E-state index is 12.6. The van der Waals surface area contributed by atoms with E-state index in [-0.39, 0.29) is 23.6 Å². The highest BCUT2D eigenvalue weighted by Crippen LogP contribution is 2.29. The predicted octanol–water partition coefficient (Wildman–Crippen LogP) is 2.72. The van der Waals surface area contributed by atoms with E-state index in [0.29, 0.717) is 17.6 Å². The molecule has 1 aromatic heterocycles. The van der Waals surface area contributed by atoms with Crippen LogP contribution in [0, 0.1) is 5.92 Å². The Bertz CT molecular complexity index is 858. The molecule has 1 amide bonds. The molecule has 2 fully saturated rings. The Balaban J connectivity index is 1.31. The maximum atomic E-state index is 12.6. The van der Waals surface area contributed by atoms with E-state index < -0.39 is 6.36 Å². The zero-order valence-electron chi connectivity index (χ0n) is 15.3. The van der Waals surface area contributed by atoms with E-state index in [9.17, 15) is 18.0 Å². The van der Waals surface area contributed by atoms with Crippen LogP contribution in [0.25, 0.3) is 0 Å². The molecule has 0 bridgehead atoms. The van der Waals surface area contributed by atoms with Gasteiger partial charge < -0.3 is 10.1 Å². The number of nitrogens with one attached hydrogen (secondary N) is 4. The van der Waals surface area contributed by atoms with Crippen LogP contribution >= 0.6 is 11.3 Å². The summed E-state index contributed by atoms with van der Waals surface area (Å²) in [5.41, 5.74) is 10.0. The summed E-state index contributed by atoms with van der Waals surface area (Å²) in [6.07, 6.45) is -0.0424. The molecule has 2 heterocycles. The monoisotopic (exact) mass is 427 g/mol. The second-order valence-electron chi connectivity index (χ2n) is 7.13. The third-order valence-corrected chi connectivity index (χ3v) is 5.97. The normalized spacial score (nSPS) is 24.2. The van der Waals surface area contributed by atoms with Gasteiger partial charge in [0, 0.05) is 35.5 Å². The van der Waals surface area contributed by atoms with Crippen molar-refractivity contribution in [1.82, 2.24) is 21.4 Å². The van der Waals surface area contributed by atoms with Crippen LogP contribution in [0.2, 0.25) is 0 Å². The molecule has 1 saturated carbocycles. The number of aromatic nitrogens is 1. The molecule has 156 valence electrons. The van der Waals surface area contributed by atoms with Gasteiger partial charge in [-0.15, -0.1) is 24.5 Å². The smallest absolute Gasteiger partial charge is 0.406 e. The van der Waals surface area contributed by atoms with Gasteiger partial charge in [-0.3, -0.25) is 4.79 Å². The molecular formula is C18H20F3N5O2S. The van der Waals surface area contributed by atoms with Crippen molar-refractivity contribution in [3.8, 4) is 5.75 Å². The summed E-state index contributed by atoms with van der Waals surface area (Å²) >= 11 is 1.36. The average molecular weight is 427 g/mol. The third-order valence-electron chi connectivity index (χ3n) is 5.06. The van der Waals surface area contributed by atoms with Crippen LogP contribution in [-0.2, 0) is 11.2 Å². The van der Waals surface area contributed by atoms with Crippen molar-refractivity contribution in [3.63, 3.8) is 0 Å². The van der Waals surface area contributed by atoms with Gasteiger partial charge >= 0.3 is 6.36 Å². The molecule has 1 aliphatic carbocycles. The largest absolute Gasteiger partial charge is 0.573 e. The number of thiazole rings is 1. The van der Waals surface area contributed by atoms with Crippen molar-refractivity contribution < 1.29 is 22.7 Å². The first-order chi connectivity index (χ1) is 13.9. The molecule has 3 atom stereocenters. The number of hydrogen-bond donors (Lipinski definition) is 4. The number of fused-ring (bicyclic) bond motifs is 1. The lowest BCUT2D eigenvalue weighted by molar-refractivity contribution is -0.274. The second kappa shape index (κ2) is 8.27. The van der Waals surface area contributed by atoms with Crippen molar-refractivity contribution in [2.45, 2.75) is 44.1 Å². The Morgan fingerprint density at radius 2 is 1.97 bits per heavy atom. The zero-order valence-corrected chi connectivity index (χ0v) is 16.1. The van der Waals surface area contributed by atoms with Crippen LogP contribution in [0.3, 0.4) is 0 Å². The summed E-state index contributed by atoms with van der Waals surface area (Å²) in [6, 6.07) is 6.30. The van der Waals surface area contributed by atoms with E-state index in [1.54, 1.807) is 18.3 Å². The Labute approximate surface area is 169 Å². The van der Waals surface area contributed by atoms with Crippen molar-refractivity contribution in [1.29, 1.82) is 0 Å². The molecule has 4 N–H and O–H groups in total. The topological polar surface area (TPSA) is 87.3 Å². The van der Waals surface area contributed by atoms with Gasteiger partial charge in [0.25, 0.3) is 0 Å². The van der Waals surface area contributed by atoms with Crippen molar-refractivity contribution in [3.05, 3.63) is 40.9 Å². The molecule has 11 heteroatoms. The fraction of sp³-hybridized carbons (Fsp3) is 0.444. The number of carbonyl (C=O) groups excluding carboxylic acids is 1. The molecule has 1 saturated heterocycles. The SMILES string of the molecule is O=C(Nc1ncc(Cc2ccc(OC(F)(F)F)cc2)s1)C1CCC2NNNC2C1. The first-order valence-corrected chi connectivity index (χ1v) is 10.0. The molecule has 2 aliphatic rings. The first-order valence-electron chi connectivity index (χ1n) is 9.22. The number of amides is 1. The third kappa shape index (κ3) is 5.24. The van der Waals surface area contributed by atoms with Crippen molar-refractivity contribution in [2.24, 2.45) is 5.92 Å². The molecule has 29 heavy (non-hydrogen) atoms. The van der Waals surface area contributed by atoms with Crippen LogP contribution in [0.1, 0.15) is 29.7 Å². The summed E-state index contributed by atoms with van der Waals surface area (Å²) in [5.74, 6) is -0.360. The number of hydrogen-bond acceptors (Lipinski definition) is 7. The summed E-state index contributed by atoms with van der Waals surface area (Å²) in [4.78, 5) is 17.7. The van der Waals surface area contributed by atoms with Crippen LogP contribution in [0.4, 0.5) is 18.3 Å². The standard InChI is InChI=1S/C18H20F3N5O2S/c19-18(20,21)28-12-4-1-10(2-5-12)7-13-9-22-17(29-13)23-16(27)11-3-6-14-15(8-11)25-26-24-14/h1-2,4-5,9,11,14-15,24-26H,3,6-8H2,(H,22,23,27). The van der Waals surface area contributed by atoms with E-state index in [2.05, 4.69) is 31.4 Å². The second-order valence-corrected chi connectivity index (χ2v) is 8.24. The minimum absolute atomic E-state index is 0.0355. The number of ether oxygens (including phenoxy) is 1. The number of nitrogens with zero attached hydrogens (tertiary/aromatic N) is 1. The molecule has 2 aromatic rings. The van der Waals surface area contributed by atoms with Gasteiger partial charge in [0.2, 0.25) is 5.91 Å². The highest BCUT2D eigenvalue weighted by molar-refractivity contribution is 7.15. The summed E-state index contributed by atoms with van der Waals surface area (Å²) < 4.78 is 40.5. The van der Waals surface area contributed by atoms with Gasteiger partial charge in [0.05, 0.1) is 0 Å². The van der Waals surface area contributed by atoms with Gasteiger partial charge in [0.15, 0.2) is 5.13 Å². The Kier molecular flexibility index (Phi) is 5.72. The first kappa shape index (κ1) is 20.1. The fourth-order valence-electron chi connectivity index (χ4n) is 3.63. The van der Waals surface area contributed by atoms with Crippen molar-refractivity contribution in [2.75, 3.05) is 5.32 Å². The van der Waals surface area contributed by atoms with E-state index in [0.717, 1.165) is 29.7 Å². The zero-order chi connectivity index (χ0) is 20.4. The summed E-state index contributed by atoms with van der Waals surface area (Å²) in [5, 5.41) is 3.42. The lowest BCUT2D eigenvalue weighted by atomic mass is 9.83. The number of halogens is 3. The Morgan fingerprint density at radius 3 is 2.72 bits per heavy atom. The van der Waals surface area contributed by atoms with Crippen LogP contribution in [0.5, 0.6) is 5.75 Å². The minimum Gasteiger partial charge on any atom is -0.406 e. The number of hydrazine groups is 2. The molecule has 0 spiro atoms. The summed E-state index contributed by atoms with van der Waals surface area (Å²) in [7, 11) is 0. The molecule has 1 aromatic carbocycles. The quantitative estimate of drug-likeness (QED) is 0.587. The van der Waals surface area contributed by atoms with E-state index in [1.165, 1.54) is 23.5 Å². The minimum atomic E-state index is -4.70. The fourth-order valence-corrected chi connectivity index (χ4v) is 4.48.